The Bertz CT molecular complexity index is 1980. The number of thiazole rings is 1. The average molecular weight is 763 g/mol. The number of β-lactam (4-membered cyclic amide) rings is 1. The van der Waals surface area contributed by atoms with Gasteiger partial charge in [-0.25, -0.2) is 24.8 Å². The van der Waals surface area contributed by atoms with E-state index >= 15 is 0 Å². The van der Waals surface area contributed by atoms with Gasteiger partial charge in [-0.15, -0.1) is 23.1 Å². The molecule has 5 rings (SSSR count). The number of carboxylic acids is 1. The fraction of sp³-hybridized carbons (Fsp3) is 0.310. The van der Waals surface area contributed by atoms with Crippen molar-refractivity contribution in [2.75, 3.05) is 18.0 Å². The number of aromatic nitrogens is 3. The summed E-state index contributed by atoms with van der Waals surface area (Å²) in [4.78, 5) is 61.5. The lowest BCUT2D eigenvalue weighted by Gasteiger charge is -2.50. The van der Waals surface area contributed by atoms with Crippen LogP contribution in [0.5, 0.6) is 11.5 Å². The number of nitrogen functional groups attached to an aromatic ring is 1. The molecular weight excluding hydrogens is 730 g/mol. The third-order valence-corrected chi connectivity index (χ3v) is 10.1. The number of carbonyl (C=O) groups is 4. The number of thioether (sulfide) groups is 1. The normalized spacial score (nSPS) is 17.4. The molecule has 2 aromatic heterocycles. The van der Waals surface area contributed by atoms with Crippen molar-refractivity contribution in [2.45, 2.75) is 44.0 Å². The summed E-state index contributed by atoms with van der Waals surface area (Å²) in [7, 11) is 0. The maximum Gasteiger partial charge on any atom is 0.350 e. The Kier molecular flexibility index (Phi) is 10.7. The SMILES string of the molecule is CC(C)(O/N=C(\C(=O)N[C@@H]1C(=O)N2C(C(=N)NN)=C(Cn3cc[n+](CCNC(=O)c4ccc(O)c(O)c4Cl)c3)CS[C@H]12)c1csc(N)n1)C(=O)O. The van der Waals surface area contributed by atoms with Crippen molar-refractivity contribution < 1.29 is 43.9 Å². The van der Waals surface area contributed by atoms with Crippen LogP contribution < -0.4 is 32.2 Å². The summed E-state index contributed by atoms with van der Waals surface area (Å²) in [6.07, 6.45) is 5.32. The molecule has 2 aliphatic heterocycles. The number of amidine groups is 1. The Morgan fingerprint density at radius 2 is 2.04 bits per heavy atom. The van der Waals surface area contributed by atoms with Gasteiger partial charge < -0.3 is 42.0 Å². The number of hydrogen-bond acceptors (Lipinski definition) is 14. The zero-order valence-corrected chi connectivity index (χ0v) is 29.3. The number of aliphatic carboxylic acids is 1. The molecule has 2 aliphatic rings. The highest BCUT2D eigenvalue weighted by Gasteiger charge is 2.54. The fourth-order valence-electron chi connectivity index (χ4n) is 4.93. The second-order valence-corrected chi connectivity index (χ2v) is 14.0. The molecule has 270 valence electrons. The van der Waals surface area contributed by atoms with Crippen LogP contribution in [0.3, 0.4) is 0 Å². The minimum absolute atomic E-state index is 0.00689. The van der Waals surface area contributed by atoms with Gasteiger partial charge in [-0.2, -0.15) is 0 Å². The summed E-state index contributed by atoms with van der Waals surface area (Å²) in [5, 5.41) is 47.0. The van der Waals surface area contributed by atoms with Gasteiger partial charge in [-0.05, 0) is 26.0 Å². The van der Waals surface area contributed by atoms with Gasteiger partial charge in [0, 0.05) is 16.7 Å². The Hall–Kier alpha value is -5.38. The Balaban J connectivity index is 1.26. The summed E-state index contributed by atoms with van der Waals surface area (Å²) < 4.78 is 3.62. The first kappa shape index (κ1) is 36.9. The smallest absolute Gasteiger partial charge is 0.350 e. The number of nitrogens with zero attached hydrogens (tertiary/aromatic N) is 5. The molecule has 0 spiro atoms. The predicted octanol–water partition coefficient (Wildman–Crippen LogP) is -0.312. The number of rotatable bonds is 13. The van der Waals surface area contributed by atoms with Crippen LogP contribution in [0.1, 0.15) is 29.9 Å². The number of imidazole rings is 1. The van der Waals surface area contributed by atoms with Gasteiger partial charge in [0.05, 0.1) is 22.8 Å². The number of nitrogens with one attached hydrogen (secondary N) is 4. The van der Waals surface area contributed by atoms with Gasteiger partial charge >= 0.3 is 5.97 Å². The number of fused-ring (bicyclic) bond motifs is 1. The van der Waals surface area contributed by atoms with Crippen molar-refractivity contribution >= 4 is 75.1 Å². The highest BCUT2D eigenvalue weighted by Crippen LogP contribution is 2.41. The van der Waals surface area contributed by atoms with E-state index in [1.807, 2.05) is 4.57 Å². The number of amides is 3. The number of carboxylic acid groups (broad SMARTS) is 1. The fourth-order valence-corrected chi connectivity index (χ4v) is 7.06. The van der Waals surface area contributed by atoms with Gasteiger partial charge in [0.2, 0.25) is 11.9 Å². The number of phenols is 2. The van der Waals surface area contributed by atoms with Crippen LogP contribution in [-0.4, -0.2) is 94.3 Å². The molecule has 1 aromatic carbocycles. The molecule has 0 unspecified atom stereocenters. The molecule has 4 heterocycles. The lowest BCUT2D eigenvalue weighted by Crippen LogP contribution is -2.71. The van der Waals surface area contributed by atoms with Crippen molar-refractivity contribution in [3.8, 4) is 11.5 Å². The molecule has 11 N–H and O–H groups in total. The molecule has 0 saturated carbocycles. The molecule has 3 amide bonds. The van der Waals surface area contributed by atoms with E-state index in [4.69, 9.17) is 33.4 Å². The number of nitrogens with two attached hydrogens (primary N) is 2. The number of aromatic hydroxyl groups is 2. The van der Waals surface area contributed by atoms with Crippen LogP contribution >= 0.6 is 34.7 Å². The van der Waals surface area contributed by atoms with E-state index in [9.17, 15) is 34.5 Å². The van der Waals surface area contributed by atoms with Gasteiger partial charge in [0.15, 0.2) is 28.2 Å². The lowest BCUT2D eigenvalue weighted by atomic mass is 10.0. The van der Waals surface area contributed by atoms with Crippen LogP contribution in [0, 0.1) is 5.41 Å². The van der Waals surface area contributed by atoms with E-state index in [2.05, 4.69) is 26.2 Å². The van der Waals surface area contributed by atoms with Crippen molar-refractivity contribution in [3.63, 3.8) is 0 Å². The summed E-state index contributed by atoms with van der Waals surface area (Å²) in [5.74, 6) is 1.52. The maximum atomic E-state index is 13.5. The van der Waals surface area contributed by atoms with E-state index in [0.717, 1.165) is 11.3 Å². The molecule has 22 heteroatoms. The van der Waals surface area contributed by atoms with Crippen LogP contribution in [0.2, 0.25) is 5.02 Å². The van der Waals surface area contributed by atoms with Crippen molar-refractivity contribution in [1.82, 2.24) is 30.5 Å². The Morgan fingerprint density at radius 1 is 1.29 bits per heavy atom. The minimum atomic E-state index is -1.77. The first-order chi connectivity index (χ1) is 24.1. The molecule has 1 fully saturated rings. The number of anilines is 1. The van der Waals surface area contributed by atoms with E-state index < -0.39 is 52.2 Å². The van der Waals surface area contributed by atoms with Crippen LogP contribution in [-0.2, 0) is 32.3 Å². The molecule has 2 atom stereocenters. The van der Waals surface area contributed by atoms with Crippen LogP contribution in [0.4, 0.5) is 5.13 Å². The van der Waals surface area contributed by atoms with Crippen molar-refractivity contribution in [3.05, 3.63) is 63.8 Å². The summed E-state index contributed by atoms with van der Waals surface area (Å²) in [6.45, 7) is 3.35. The number of carbonyl (C=O) groups excluding carboxylic acids is 3. The number of oxime groups is 1. The number of phenolic OH excluding ortho intramolecular Hbond substituents is 2. The highest BCUT2D eigenvalue weighted by atomic mass is 35.5. The van der Waals surface area contributed by atoms with E-state index in [-0.39, 0.29) is 51.7 Å². The molecular formula is C29H33ClN11O8S2+. The topological polar surface area (TPSA) is 287 Å². The third kappa shape index (κ3) is 7.70. The quantitative estimate of drug-likeness (QED) is 0.0206. The summed E-state index contributed by atoms with van der Waals surface area (Å²) >= 11 is 8.36. The monoisotopic (exact) mass is 762 g/mol. The Morgan fingerprint density at radius 3 is 2.71 bits per heavy atom. The molecule has 3 aromatic rings. The summed E-state index contributed by atoms with van der Waals surface area (Å²) in [5.41, 5.74) is 6.87. The third-order valence-electron chi connectivity index (χ3n) is 7.69. The predicted molar refractivity (Wildman–Crippen MR) is 185 cm³/mol. The summed E-state index contributed by atoms with van der Waals surface area (Å²) in [6, 6.07) is 1.44. The van der Waals surface area contributed by atoms with E-state index in [1.165, 1.54) is 48.0 Å². The number of halogens is 1. The first-order valence-electron chi connectivity index (χ1n) is 14.9. The number of hydrogen-bond donors (Lipinski definition) is 9. The largest absolute Gasteiger partial charge is 0.504 e. The lowest BCUT2D eigenvalue weighted by molar-refractivity contribution is -0.694. The molecule has 0 bridgehead atoms. The molecule has 0 aliphatic carbocycles. The van der Waals surface area contributed by atoms with Gasteiger partial charge in [-0.3, -0.25) is 24.7 Å². The molecule has 1 saturated heterocycles. The van der Waals surface area contributed by atoms with E-state index in [1.54, 1.807) is 23.3 Å². The highest BCUT2D eigenvalue weighted by molar-refractivity contribution is 8.00. The van der Waals surface area contributed by atoms with Gasteiger partial charge in [0.25, 0.3) is 17.7 Å². The van der Waals surface area contributed by atoms with Crippen molar-refractivity contribution in [1.29, 1.82) is 5.41 Å². The second-order valence-electron chi connectivity index (χ2n) is 11.6. The van der Waals surface area contributed by atoms with Crippen molar-refractivity contribution in [2.24, 2.45) is 11.0 Å². The number of benzene rings is 1. The number of hydrazine groups is 1. The van der Waals surface area contributed by atoms with Gasteiger partial charge in [0.1, 0.15) is 42.6 Å². The average Bonchev–Trinajstić information content (AvgIpc) is 3.73. The molecule has 0 radical (unpaired) electrons. The zero-order chi connectivity index (χ0) is 37.2. The van der Waals surface area contributed by atoms with Crippen LogP contribution in [0.25, 0.3) is 0 Å². The second kappa shape index (κ2) is 14.8. The van der Waals surface area contributed by atoms with E-state index in [0.29, 0.717) is 17.9 Å². The first-order valence-corrected chi connectivity index (χ1v) is 17.2. The van der Waals surface area contributed by atoms with Gasteiger partial charge in [-0.1, -0.05) is 16.8 Å². The molecule has 51 heavy (non-hydrogen) atoms. The Labute approximate surface area is 302 Å². The van der Waals surface area contributed by atoms with Crippen LogP contribution in [0.15, 0.2) is 52.7 Å². The zero-order valence-electron chi connectivity index (χ0n) is 26.9. The molecule has 19 nitrogen and oxygen atoms in total. The standard InChI is InChI=1S/C29H32ClN11O8S2/c1-29(2,27(47)48)49-38-18(15-11-51-28(32)35-15)24(45)36-19-25(46)41-20(22(31)37-33)13(10-50-26(19)41)9-40-8-7-39(12-40)6-5-34-23(44)14-3-4-16(42)21(43)17(14)30/h3-4,7-8,11-12,19,26H,5-6,9-10H2,1-2H3,(H10-,31,32,33,34,35,36,37,38,42,43,44,45,47,48)/p+1/t19-,26-/m1/s1. The minimum Gasteiger partial charge on any atom is -0.504 e. The maximum absolute atomic E-state index is 13.5.